The number of alkyl halides is 3. The maximum Gasteiger partial charge on any atom is 0.433 e. The molecule has 0 spiro atoms. The summed E-state index contributed by atoms with van der Waals surface area (Å²) in [5.41, 5.74) is 0.518. The zero-order valence-corrected chi connectivity index (χ0v) is 12.4. The fourth-order valence-corrected chi connectivity index (χ4v) is 1.97. The molecule has 1 heterocycles. The van der Waals surface area contributed by atoms with Crippen molar-refractivity contribution in [3.8, 4) is 0 Å². The van der Waals surface area contributed by atoms with E-state index < -0.39 is 11.9 Å². The van der Waals surface area contributed by atoms with E-state index in [2.05, 4.69) is 26.2 Å². The van der Waals surface area contributed by atoms with Gasteiger partial charge in [0.2, 0.25) is 0 Å². The molecule has 0 fully saturated rings. The van der Waals surface area contributed by atoms with Gasteiger partial charge in [0.25, 0.3) is 0 Å². The van der Waals surface area contributed by atoms with Crippen LogP contribution in [0.4, 0.5) is 18.9 Å². The number of anilines is 1. The Hall–Kier alpha value is -1.27. The third kappa shape index (κ3) is 3.86. The summed E-state index contributed by atoms with van der Waals surface area (Å²) in [6, 6.07) is 7.73. The van der Waals surface area contributed by atoms with Gasteiger partial charge in [0, 0.05) is 11.0 Å². The van der Waals surface area contributed by atoms with Crippen LogP contribution in [0.15, 0.2) is 41.0 Å². The lowest BCUT2D eigenvalue weighted by Crippen LogP contribution is -2.08. The molecule has 0 amide bonds. The molecule has 0 aliphatic carbocycles. The summed E-state index contributed by atoms with van der Waals surface area (Å²) in [7, 11) is 0. The van der Waals surface area contributed by atoms with Gasteiger partial charge < -0.3 is 5.32 Å². The Bertz CT molecular complexity index is 600. The summed E-state index contributed by atoms with van der Waals surface area (Å²) in [5.74, 6) is 0. The largest absolute Gasteiger partial charge is 0.433 e. The van der Waals surface area contributed by atoms with Crippen LogP contribution in [-0.4, -0.2) is 4.98 Å². The van der Waals surface area contributed by atoms with Gasteiger partial charge in [-0.25, -0.2) is 4.98 Å². The summed E-state index contributed by atoms with van der Waals surface area (Å²) in [6.07, 6.45) is -3.26. The van der Waals surface area contributed by atoms with E-state index >= 15 is 0 Å². The Morgan fingerprint density at radius 3 is 2.50 bits per heavy atom. The van der Waals surface area contributed by atoms with Crippen LogP contribution in [0.1, 0.15) is 11.3 Å². The number of aromatic nitrogens is 1. The Morgan fingerprint density at radius 1 is 1.20 bits per heavy atom. The molecule has 2 rings (SSSR count). The first-order chi connectivity index (χ1) is 9.36. The number of rotatable bonds is 3. The van der Waals surface area contributed by atoms with E-state index in [0.717, 1.165) is 22.3 Å². The molecule has 2 aromatic rings. The quantitative estimate of drug-likeness (QED) is 0.816. The van der Waals surface area contributed by atoms with E-state index in [9.17, 15) is 13.2 Å². The standard InChI is InChI=1S/C13H9BrClF3N2/c14-10-3-1-8(5-11(10)15)6-19-9-2-4-12(20-7-9)13(16,17)18/h1-5,7,19H,6H2. The van der Waals surface area contributed by atoms with Crippen molar-refractivity contribution in [3.63, 3.8) is 0 Å². The summed E-state index contributed by atoms with van der Waals surface area (Å²) in [4.78, 5) is 3.37. The molecule has 106 valence electrons. The van der Waals surface area contributed by atoms with Crippen molar-refractivity contribution in [1.29, 1.82) is 0 Å². The fourth-order valence-electron chi connectivity index (χ4n) is 1.52. The van der Waals surface area contributed by atoms with Crippen molar-refractivity contribution < 1.29 is 13.2 Å². The Labute approximate surface area is 127 Å². The highest BCUT2D eigenvalue weighted by Crippen LogP contribution is 2.28. The van der Waals surface area contributed by atoms with E-state index in [-0.39, 0.29) is 0 Å². The minimum atomic E-state index is -4.42. The molecule has 7 heteroatoms. The fraction of sp³-hybridized carbons (Fsp3) is 0.154. The molecule has 0 atom stereocenters. The highest BCUT2D eigenvalue weighted by molar-refractivity contribution is 9.10. The maximum atomic E-state index is 12.4. The van der Waals surface area contributed by atoms with Gasteiger partial charge in [-0.3, -0.25) is 0 Å². The predicted octanol–water partition coefficient (Wildman–Crippen LogP) is 5.13. The van der Waals surface area contributed by atoms with Gasteiger partial charge in [0.05, 0.1) is 16.9 Å². The lowest BCUT2D eigenvalue weighted by Gasteiger charge is -2.09. The van der Waals surface area contributed by atoms with Crippen molar-refractivity contribution in [3.05, 3.63) is 57.3 Å². The second-order valence-electron chi connectivity index (χ2n) is 4.03. The second-order valence-corrected chi connectivity index (χ2v) is 5.29. The number of halogens is 5. The van der Waals surface area contributed by atoms with E-state index in [1.165, 1.54) is 6.07 Å². The third-order valence-corrected chi connectivity index (χ3v) is 3.77. The van der Waals surface area contributed by atoms with E-state index in [1.807, 2.05) is 12.1 Å². The molecule has 2 nitrogen and oxygen atoms in total. The Morgan fingerprint density at radius 2 is 1.95 bits per heavy atom. The van der Waals surface area contributed by atoms with Crippen molar-refractivity contribution in [2.45, 2.75) is 12.7 Å². The molecular weight excluding hydrogens is 357 g/mol. The smallest absolute Gasteiger partial charge is 0.380 e. The molecular formula is C13H9BrClF3N2. The summed E-state index contributed by atoms with van der Waals surface area (Å²) >= 11 is 9.24. The lowest BCUT2D eigenvalue weighted by molar-refractivity contribution is -0.141. The molecule has 0 radical (unpaired) electrons. The van der Waals surface area contributed by atoms with Crippen LogP contribution in [0.3, 0.4) is 0 Å². The number of hydrogen-bond donors (Lipinski definition) is 1. The van der Waals surface area contributed by atoms with E-state index in [4.69, 9.17) is 11.6 Å². The molecule has 0 aliphatic rings. The van der Waals surface area contributed by atoms with Gasteiger partial charge in [-0.05, 0) is 45.8 Å². The molecule has 0 saturated carbocycles. The molecule has 1 aromatic heterocycles. The van der Waals surface area contributed by atoms with Crippen LogP contribution in [0.5, 0.6) is 0 Å². The number of pyridine rings is 1. The van der Waals surface area contributed by atoms with Crippen LogP contribution in [0, 0.1) is 0 Å². The van der Waals surface area contributed by atoms with Gasteiger partial charge in [0.15, 0.2) is 0 Å². The Balaban J connectivity index is 2.02. The van der Waals surface area contributed by atoms with Crippen molar-refractivity contribution in [2.24, 2.45) is 0 Å². The van der Waals surface area contributed by atoms with Gasteiger partial charge >= 0.3 is 6.18 Å². The minimum absolute atomic E-state index is 0.444. The zero-order valence-electron chi connectivity index (χ0n) is 10.0. The van der Waals surface area contributed by atoms with Gasteiger partial charge in [-0.1, -0.05) is 17.7 Å². The lowest BCUT2D eigenvalue weighted by atomic mass is 10.2. The van der Waals surface area contributed by atoms with Gasteiger partial charge in [-0.2, -0.15) is 13.2 Å². The van der Waals surface area contributed by atoms with Crippen LogP contribution in [-0.2, 0) is 12.7 Å². The highest BCUT2D eigenvalue weighted by Gasteiger charge is 2.31. The molecule has 20 heavy (non-hydrogen) atoms. The molecule has 0 aliphatic heterocycles. The first kappa shape index (κ1) is 15.1. The van der Waals surface area contributed by atoms with E-state index in [1.54, 1.807) is 6.07 Å². The van der Waals surface area contributed by atoms with Crippen molar-refractivity contribution in [1.82, 2.24) is 4.98 Å². The predicted molar refractivity (Wildman–Crippen MR) is 75.7 cm³/mol. The monoisotopic (exact) mass is 364 g/mol. The normalized spacial score (nSPS) is 11.4. The van der Waals surface area contributed by atoms with Crippen LogP contribution >= 0.6 is 27.5 Å². The molecule has 1 aromatic carbocycles. The van der Waals surface area contributed by atoms with E-state index in [0.29, 0.717) is 17.3 Å². The summed E-state index contributed by atoms with van der Waals surface area (Å²) < 4.78 is 37.8. The molecule has 0 saturated heterocycles. The summed E-state index contributed by atoms with van der Waals surface area (Å²) in [5, 5.41) is 3.56. The zero-order chi connectivity index (χ0) is 14.8. The van der Waals surface area contributed by atoms with Crippen LogP contribution in [0.2, 0.25) is 5.02 Å². The van der Waals surface area contributed by atoms with Crippen LogP contribution < -0.4 is 5.32 Å². The van der Waals surface area contributed by atoms with Gasteiger partial charge in [-0.15, -0.1) is 0 Å². The molecule has 1 N–H and O–H groups in total. The maximum absolute atomic E-state index is 12.4. The minimum Gasteiger partial charge on any atom is -0.380 e. The van der Waals surface area contributed by atoms with Crippen molar-refractivity contribution >= 4 is 33.2 Å². The third-order valence-electron chi connectivity index (χ3n) is 2.53. The number of hydrogen-bond acceptors (Lipinski definition) is 2. The SMILES string of the molecule is FC(F)(F)c1ccc(NCc2ccc(Br)c(Cl)c2)cn1. The first-order valence-corrected chi connectivity index (χ1v) is 6.74. The number of benzene rings is 1. The average molecular weight is 366 g/mol. The topological polar surface area (TPSA) is 24.9 Å². The molecule has 0 bridgehead atoms. The van der Waals surface area contributed by atoms with Gasteiger partial charge in [0.1, 0.15) is 5.69 Å². The Kier molecular flexibility index (Phi) is 4.55. The summed E-state index contributed by atoms with van der Waals surface area (Å²) in [6.45, 7) is 0.444. The first-order valence-electron chi connectivity index (χ1n) is 5.57. The molecule has 0 unspecified atom stereocenters. The number of nitrogens with zero attached hydrogens (tertiary/aromatic N) is 1. The highest BCUT2D eigenvalue weighted by atomic mass is 79.9. The average Bonchev–Trinajstić information content (AvgIpc) is 2.40. The van der Waals surface area contributed by atoms with Crippen LogP contribution in [0.25, 0.3) is 0 Å². The second kappa shape index (κ2) is 6.01. The number of nitrogens with one attached hydrogen (secondary N) is 1. The van der Waals surface area contributed by atoms with Crippen molar-refractivity contribution in [2.75, 3.05) is 5.32 Å².